The van der Waals surface area contributed by atoms with E-state index in [-0.39, 0.29) is 5.91 Å². The molecule has 0 aliphatic carbocycles. The Labute approximate surface area is 167 Å². The fourth-order valence-corrected chi connectivity index (χ4v) is 4.40. The van der Waals surface area contributed by atoms with Crippen LogP contribution in [0, 0.1) is 0 Å². The summed E-state index contributed by atoms with van der Waals surface area (Å²) < 4.78 is 2.09. The maximum absolute atomic E-state index is 12.9. The predicted molar refractivity (Wildman–Crippen MR) is 113 cm³/mol. The van der Waals surface area contributed by atoms with Crippen molar-refractivity contribution in [3.05, 3.63) is 65.6 Å². The highest BCUT2D eigenvalue weighted by atomic mass is 16.2. The number of hydrogen-bond donors (Lipinski definition) is 0. The molecular formula is C24H29N3O. The van der Waals surface area contributed by atoms with E-state index in [1.807, 2.05) is 17.2 Å². The number of piperidine rings is 1. The van der Waals surface area contributed by atoms with Gasteiger partial charge in [-0.3, -0.25) is 9.78 Å². The summed E-state index contributed by atoms with van der Waals surface area (Å²) in [7, 11) is 0. The van der Waals surface area contributed by atoms with E-state index in [1.165, 1.54) is 16.7 Å². The van der Waals surface area contributed by atoms with E-state index in [4.69, 9.17) is 0 Å². The van der Waals surface area contributed by atoms with Gasteiger partial charge in [0.05, 0.1) is 5.52 Å². The van der Waals surface area contributed by atoms with Crippen molar-refractivity contribution in [1.29, 1.82) is 0 Å². The summed E-state index contributed by atoms with van der Waals surface area (Å²) >= 11 is 0. The highest BCUT2D eigenvalue weighted by Gasteiger charge is 2.24. The first-order valence-electron chi connectivity index (χ1n) is 10.5. The molecular weight excluding hydrogens is 346 g/mol. The smallest absolute Gasteiger partial charge is 0.242 e. The zero-order valence-electron chi connectivity index (χ0n) is 16.9. The van der Waals surface area contributed by atoms with E-state index < -0.39 is 0 Å². The molecule has 1 amide bonds. The van der Waals surface area contributed by atoms with Crippen molar-refractivity contribution in [1.82, 2.24) is 14.5 Å². The van der Waals surface area contributed by atoms with Gasteiger partial charge >= 0.3 is 0 Å². The summed E-state index contributed by atoms with van der Waals surface area (Å²) in [6.07, 6.45) is 9.96. The summed E-state index contributed by atoms with van der Waals surface area (Å²) in [5.41, 5.74) is 5.19. The highest BCUT2D eigenvalue weighted by Crippen LogP contribution is 2.29. The van der Waals surface area contributed by atoms with Crippen LogP contribution in [0.5, 0.6) is 0 Å². The van der Waals surface area contributed by atoms with Gasteiger partial charge in [0.1, 0.15) is 6.54 Å². The van der Waals surface area contributed by atoms with Gasteiger partial charge in [0.25, 0.3) is 0 Å². The molecule has 3 heterocycles. The van der Waals surface area contributed by atoms with Crippen molar-refractivity contribution in [2.45, 2.75) is 52.0 Å². The molecule has 146 valence electrons. The second kappa shape index (κ2) is 8.17. The van der Waals surface area contributed by atoms with Crippen LogP contribution in [0.1, 0.15) is 49.3 Å². The Bertz CT molecular complexity index is 967. The fourth-order valence-electron chi connectivity index (χ4n) is 4.40. The molecule has 4 rings (SSSR count). The third-order valence-corrected chi connectivity index (χ3v) is 6.13. The highest BCUT2D eigenvalue weighted by molar-refractivity contribution is 5.85. The minimum atomic E-state index is 0.220. The van der Waals surface area contributed by atoms with Crippen molar-refractivity contribution in [3.63, 3.8) is 0 Å². The molecule has 2 aromatic heterocycles. The number of aromatic nitrogens is 2. The van der Waals surface area contributed by atoms with Crippen molar-refractivity contribution >= 4 is 16.8 Å². The fraction of sp³-hybridized carbons (Fsp3) is 0.417. The van der Waals surface area contributed by atoms with Crippen LogP contribution in [-0.4, -0.2) is 33.4 Å². The van der Waals surface area contributed by atoms with Crippen molar-refractivity contribution < 1.29 is 4.79 Å². The summed E-state index contributed by atoms with van der Waals surface area (Å²) in [4.78, 5) is 19.2. The van der Waals surface area contributed by atoms with Crippen LogP contribution in [0.2, 0.25) is 0 Å². The van der Waals surface area contributed by atoms with Crippen LogP contribution in [0.25, 0.3) is 10.9 Å². The number of carbonyl (C=O) groups excluding carboxylic acids is 1. The zero-order chi connectivity index (χ0) is 19.5. The first kappa shape index (κ1) is 18.7. The van der Waals surface area contributed by atoms with Gasteiger partial charge in [0.2, 0.25) is 5.91 Å². The number of benzene rings is 1. The molecule has 0 spiro atoms. The number of carbonyl (C=O) groups is 1. The van der Waals surface area contributed by atoms with Gasteiger partial charge in [0.15, 0.2) is 0 Å². The number of amides is 1. The lowest BCUT2D eigenvalue weighted by Crippen LogP contribution is -2.39. The van der Waals surface area contributed by atoms with E-state index in [9.17, 15) is 4.79 Å². The molecule has 0 saturated carbocycles. The molecule has 0 radical (unpaired) electrons. The Morgan fingerprint density at radius 3 is 2.71 bits per heavy atom. The van der Waals surface area contributed by atoms with E-state index >= 15 is 0 Å². The molecule has 1 aromatic carbocycles. The molecule has 1 saturated heterocycles. The number of nitrogens with zero attached hydrogens (tertiary/aromatic N) is 3. The summed E-state index contributed by atoms with van der Waals surface area (Å²) in [6, 6.07) is 11.0. The average molecular weight is 376 g/mol. The quantitative estimate of drug-likeness (QED) is 0.655. The molecule has 4 nitrogen and oxygen atoms in total. The molecule has 0 bridgehead atoms. The first-order valence-corrected chi connectivity index (χ1v) is 10.5. The van der Waals surface area contributed by atoms with Gasteiger partial charge in [-0.1, -0.05) is 38.1 Å². The van der Waals surface area contributed by atoms with Gasteiger partial charge in [-0.15, -0.1) is 0 Å². The number of rotatable bonds is 5. The van der Waals surface area contributed by atoms with Crippen LogP contribution < -0.4 is 0 Å². The second-order valence-electron chi connectivity index (χ2n) is 7.78. The van der Waals surface area contributed by atoms with Gasteiger partial charge in [-0.2, -0.15) is 0 Å². The molecule has 3 aromatic rings. The average Bonchev–Trinajstić information content (AvgIpc) is 3.11. The van der Waals surface area contributed by atoms with E-state index in [0.29, 0.717) is 12.5 Å². The SMILES string of the molecule is CCc1cccc(C2CCN(C(=O)Cn3cc(CC)c4cnccc43)CC2)c1. The van der Waals surface area contributed by atoms with Crippen molar-refractivity contribution in [3.8, 4) is 0 Å². The summed E-state index contributed by atoms with van der Waals surface area (Å²) in [5.74, 6) is 0.790. The Hall–Kier alpha value is -2.62. The number of fused-ring (bicyclic) bond motifs is 1. The minimum Gasteiger partial charge on any atom is -0.341 e. The molecule has 4 heteroatoms. The van der Waals surface area contributed by atoms with Crippen LogP contribution in [-0.2, 0) is 24.2 Å². The normalized spacial score (nSPS) is 15.3. The maximum atomic E-state index is 12.9. The predicted octanol–water partition coefficient (Wildman–Crippen LogP) is 4.57. The van der Waals surface area contributed by atoms with Crippen LogP contribution in [0.4, 0.5) is 0 Å². The second-order valence-corrected chi connectivity index (χ2v) is 7.78. The van der Waals surface area contributed by atoms with Crippen molar-refractivity contribution in [2.75, 3.05) is 13.1 Å². The van der Waals surface area contributed by atoms with Gasteiger partial charge in [-0.05, 0) is 54.4 Å². The molecule has 0 atom stereocenters. The van der Waals surface area contributed by atoms with E-state index in [0.717, 1.165) is 49.7 Å². The maximum Gasteiger partial charge on any atom is 0.242 e. The lowest BCUT2D eigenvalue weighted by atomic mass is 9.88. The van der Waals surface area contributed by atoms with E-state index in [1.54, 1.807) is 6.20 Å². The molecule has 1 fully saturated rings. The number of likely N-dealkylation sites (tertiary alicyclic amines) is 1. The summed E-state index contributed by atoms with van der Waals surface area (Å²) in [5, 5.41) is 1.16. The molecule has 0 unspecified atom stereocenters. The molecule has 28 heavy (non-hydrogen) atoms. The Morgan fingerprint density at radius 2 is 1.96 bits per heavy atom. The third kappa shape index (κ3) is 3.68. The van der Waals surface area contributed by atoms with Gasteiger partial charge in [-0.25, -0.2) is 0 Å². The lowest BCUT2D eigenvalue weighted by Gasteiger charge is -2.32. The van der Waals surface area contributed by atoms with Crippen molar-refractivity contribution in [2.24, 2.45) is 0 Å². The molecule has 0 N–H and O–H groups in total. The number of aryl methyl sites for hydroxylation is 2. The van der Waals surface area contributed by atoms with E-state index in [2.05, 4.69) is 53.9 Å². The summed E-state index contributed by atoms with van der Waals surface area (Å²) in [6.45, 7) is 6.45. The standard InChI is InChI=1S/C24H29N3O/c1-3-18-6-5-7-21(14-18)20-9-12-26(13-10-20)24(28)17-27-16-19(4-2)22-15-25-11-8-23(22)27/h5-8,11,14-16,20H,3-4,9-10,12-13,17H2,1-2H3. The Balaban J connectivity index is 1.42. The molecule has 1 aliphatic rings. The minimum absolute atomic E-state index is 0.220. The largest absolute Gasteiger partial charge is 0.341 e. The molecule has 1 aliphatic heterocycles. The van der Waals surface area contributed by atoms with Gasteiger partial charge < -0.3 is 9.47 Å². The topological polar surface area (TPSA) is 38.1 Å². The van der Waals surface area contributed by atoms with Crippen LogP contribution in [0.3, 0.4) is 0 Å². The third-order valence-electron chi connectivity index (χ3n) is 6.13. The lowest BCUT2D eigenvalue weighted by molar-refractivity contribution is -0.132. The number of pyridine rings is 1. The van der Waals surface area contributed by atoms with Gasteiger partial charge in [0, 0.05) is 37.1 Å². The Kier molecular flexibility index (Phi) is 5.47. The monoisotopic (exact) mass is 375 g/mol. The van der Waals surface area contributed by atoms with Crippen LogP contribution in [0.15, 0.2) is 48.9 Å². The Morgan fingerprint density at radius 1 is 1.14 bits per heavy atom. The zero-order valence-corrected chi connectivity index (χ0v) is 16.9. The first-order chi connectivity index (χ1) is 13.7. The van der Waals surface area contributed by atoms with Crippen LogP contribution >= 0.6 is 0 Å². The number of hydrogen-bond acceptors (Lipinski definition) is 2.